The molecule has 1 atom stereocenters. The summed E-state index contributed by atoms with van der Waals surface area (Å²) in [7, 11) is 0. The zero-order chi connectivity index (χ0) is 10.1. The van der Waals surface area contributed by atoms with Crippen molar-refractivity contribution in [3.8, 4) is 0 Å². The van der Waals surface area contributed by atoms with Crippen LogP contribution in [0, 0.1) is 0 Å². The van der Waals surface area contributed by atoms with Gasteiger partial charge in [0.15, 0.2) is 0 Å². The zero-order valence-corrected chi connectivity index (χ0v) is 7.70. The fourth-order valence-electron chi connectivity index (χ4n) is 1.57. The Bertz CT molecular complexity index is 450. The molecular weight excluding hydrogens is 178 g/mol. The van der Waals surface area contributed by atoms with E-state index in [0.717, 1.165) is 10.9 Å². The number of aliphatic hydroxyl groups excluding tert-OH is 1. The van der Waals surface area contributed by atoms with Gasteiger partial charge in [0.05, 0.1) is 24.0 Å². The maximum atomic E-state index is 8.94. The van der Waals surface area contributed by atoms with Gasteiger partial charge in [-0.25, -0.2) is 0 Å². The molecule has 0 saturated carbocycles. The van der Waals surface area contributed by atoms with Gasteiger partial charge < -0.3 is 21.6 Å². The van der Waals surface area contributed by atoms with Gasteiger partial charge in [-0.05, 0) is 6.07 Å². The van der Waals surface area contributed by atoms with Crippen molar-refractivity contribution in [1.29, 1.82) is 0 Å². The number of H-pyrrole nitrogens is 1. The van der Waals surface area contributed by atoms with Gasteiger partial charge >= 0.3 is 0 Å². The van der Waals surface area contributed by atoms with Crippen molar-refractivity contribution in [3.05, 3.63) is 30.0 Å². The van der Waals surface area contributed by atoms with E-state index in [1.54, 1.807) is 0 Å². The standard InChI is InChI=1S/C10H13N3O/c11-7(5-14)10-9(12)6-3-1-2-4-8(6)13-10/h1-4,7,13-14H,5,11-12H2/t7-/m0/s1. The molecule has 1 heterocycles. The van der Waals surface area contributed by atoms with E-state index in [-0.39, 0.29) is 6.61 Å². The molecule has 0 aliphatic carbocycles. The van der Waals surface area contributed by atoms with Crippen molar-refractivity contribution in [2.75, 3.05) is 12.3 Å². The molecule has 0 spiro atoms. The summed E-state index contributed by atoms with van der Waals surface area (Å²) in [6.07, 6.45) is 0. The fraction of sp³-hybridized carbons (Fsp3) is 0.200. The summed E-state index contributed by atoms with van der Waals surface area (Å²) in [5, 5.41) is 9.89. The molecule has 2 rings (SSSR count). The summed E-state index contributed by atoms with van der Waals surface area (Å²) in [6.45, 7) is -0.114. The summed E-state index contributed by atoms with van der Waals surface area (Å²) >= 11 is 0. The summed E-state index contributed by atoms with van der Waals surface area (Å²) in [5.74, 6) is 0. The minimum absolute atomic E-state index is 0.114. The quantitative estimate of drug-likeness (QED) is 0.564. The fourth-order valence-corrected chi connectivity index (χ4v) is 1.57. The van der Waals surface area contributed by atoms with Crippen LogP contribution in [0.3, 0.4) is 0 Å². The monoisotopic (exact) mass is 191 g/mol. The number of hydrogen-bond donors (Lipinski definition) is 4. The second-order valence-electron chi connectivity index (χ2n) is 3.29. The highest BCUT2D eigenvalue weighted by Gasteiger charge is 2.13. The molecule has 2 aromatic rings. The number of para-hydroxylation sites is 1. The molecule has 0 bridgehead atoms. The smallest absolute Gasteiger partial charge is 0.0704 e. The topological polar surface area (TPSA) is 88.1 Å². The Morgan fingerprint density at radius 2 is 2.07 bits per heavy atom. The number of aromatic amines is 1. The van der Waals surface area contributed by atoms with E-state index in [4.69, 9.17) is 16.6 Å². The third-order valence-electron chi connectivity index (χ3n) is 2.34. The van der Waals surface area contributed by atoms with Crippen molar-refractivity contribution in [2.24, 2.45) is 5.73 Å². The van der Waals surface area contributed by atoms with Crippen molar-refractivity contribution >= 4 is 16.6 Å². The number of nitrogens with two attached hydrogens (primary N) is 2. The average molecular weight is 191 g/mol. The SMILES string of the molecule is Nc1c([C@@H](N)CO)[nH]c2ccccc12. The molecule has 0 aliphatic rings. The molecule has 0 amide bonds. The lowest BCUT2D eigenvalue weighted by Gasteiger charge is -2.06. The van der Waals surface area contributed by atoms with E-state index in [9.17, 15) is 0 Å². The Morgan fingerprint density at radius 1 is 1.36 bits per heavy atom. The second kappa shape index (κ2) is 3.32. The van der Waals surface area contributed by atoms with Gasteiger partial charge in [0.25, 0.3) is 0 Å². The lowest BCUT2D eigenvalue weighted by atomic mass is 10.2. The first kappa shape index (κ1) is 9.05. The number of aliphatic hydroxyl groups is 1. The third kappa shape index (κ3) is 1.25. The van der Waals surface area contributed by atoms with Crippen LogP contribution in [0.4, 0.5) is 5.69 Å². The van der Waals surface area contributed by atoms with Gasteiger partial charge in [-0.3, -0.25) is 0 Å². The van der Waals surface area contributed by atoms with E-state index >= 15 is 0 Å². The van der Waals surface area contributed by atoms with Gasteiger partial charge in [0.2, 0.25) is 0 Å². The molecule has 74 valence electrons. The van der Waals surface area contributed by atoms with Crippen molar-refractivity contribution < 1.29 is 5.11 Å². The van der Waals surface area contributed by atoms with Gasteiger partial charge in [-0.2, -0.15) is 0 Å². The lowest BCUT2D eigenvalue weighted by molar-refractivity contribution is 0.266. The van der Waals surface area contributed by atoms with E-state index in [1.165, 1.54) is 0 Å². The molecule has 1 aromatic heterocycles. The van der Waals surface area contributed by atoms with Crippen molar-refractivity contribution in [2.45, 2.75) is 6.04 Å². The Kier molecular flexibility index (Phi) is 2.15. The van der Waals surface area contributed by atoms with Crippen LogP contribution in [-0.4, -0.2) is 16.7 Å². The number of nitrogen functional groups attached to an aromatic ring is 1. The predicted molar refractivity (Wildman–Crippen MR) is 56.7 cm³/mol. The van der Waals surface area contributed by atoms with Gasteiger partial charge in [-0.1, -0.05) is 18.2 Å². The van der Waals surface area contributed by atoms with Crippen LogP contribution in [-0.2, 0) is 0 Å². The molecular formula is C10H13N3O. The number of fused-ring (bicyclic) bond motifs is 1. The Balaban J connectivity index is 2.62. The Hall–Kier alpha value is -1.52. The van der Waals surface area contributed by atoms with Crippen LogP contribution in [0.1, 0.15) is 11.7 Å². The summed E-state index contributed by atoms with van der Waals surface area (Å²) in [4.78, 5) is 3.10. The molecule has 4 heteroatoms. The molecule has 1 aromatic carbocycles. The molecule has 6 N–H and O–H groups in total. The van der Waals surface area contributed by atoms with Crippen LogP contribution in [0.2, 0.25) is 0 Å². The van der Waals surface area contributed by atoms with Crippen LogP contribution in [0.15, 0.2) is 24.3 Å². The number of rotatable bonds is 2. The first-order chi connectivity index (χ1) is 6.74. The van der Waals surface area contributed by atoms with E-state index in [2.05, 4.69) is 4.98 Å². The molecule has 0 unspecified atom stereocenters. The minimum atomic E-state index is -0.442. The largest absolute Gasteiger partial charge is 0.397 e. The summed E-state index contributed by atoms with van der Waals surface area (Å²) in [5.41, 5.74) is 13.9. The Labute approximate surface area is 81.5 Å². The number of nitrogens with one attached hydrogen (secondary N) is 1. The van der Waals surface area contributed by atoms with Crippen molar-refractivity contribution in [3.63, 3.8) is 0 Å². The van der Waals surface area contributed by atoms with Gasteiger partial charge in [0.1, 0.15) is 0 Å². The van der Waals surface area contributed by atoms with Crippen molar-refractivity contribution in [1.82, 2.24) is 4.98 Å². The number of anilines is 1. The lowest BCUT2D eigenvalue weighted by Crippen LogP contribution is -2.16. The maximum absolute atomic E-state index is 8.94. The second-order valence-corrected chi connectivity index (χ2v) is 3.29. The normalized spacial score (nSPS) is 13.3. The van der Waals surface area contributed by atoms with Crippen LogP contribution >= 0.6 is 0 Å². The number of aromatic nitrogens is 1. The molecule has 0 radical (unpaired) electrons. The van der Waals surface area contributed by atoms with Crippen LogP contribution in [0.25, 0.3) is 10.9 Å². The van der Waals surface area contributed by atoms with E-state index < -0.39 is 6.04 Å². The first-order valence-corrected chi connectivity index (χ1v) is 4.46. The highest BCUT2D eigenvalue weighted by Crippen LogP contribution is 2.27. The highest BCUT2D eigenvalue weighted by atomic mass is 16.3. The highest BCUT2D eigenvalue weighted by molar-refractivity contribution is 5.93. The molecule has 0 aliphatic heterocycles. The third-order valence-corrected chi connectivity index (χ3v) is 2.34. The maximum Gasteiger partial charge on any atom is 0.0704 e. The molecule has 0 saturated heterocycles. The average Bonchev–Trinajstić information content (AvgIpc) is 2.56. The predicted octanol–water partition coefficient (Wildman–Crippen LogP) is 0.742. The summed E-state index contributed by atoms with van der Waals surface area (Å²) in [6, 6.07) is 7.25. The van der Waals surface area contributed by atoms with Gasteiger partial charge in [-0.15, -0.1) is 0 Å². The molecule has 0 fully saturated rings. The minimum Gasteiger partial charge on any atom is -0.397 e. The summed E-state index contributed by atoms with van der Waals surface area (Å²) < 4.78 is 0. The number of hydrogen-bond acceptors (Lipinski definition) is 3. The van der Waals surface area contributed by atoms with E-state index in [0.29, 0.717) is 11.4 Å². The van der Waals surface area contributed by atoms with E-state index in [1.807, 2.05) is 24.3 Å². The zero-order valence-electron chi connectivity index (χ0n) is 7.70. The Morgan fingerprint density at radius 3 is 2.71 bits per heavy atom. The van der Waals surface area contributed by atoms with Crippen LogP contribution < -0.4 is 11.5 Å². The first-order valence-electron chi connectivity index (χ1n) is 4.46. The number of benzene rings is 1. The molecule has 14 heavy (non-hydrogen) atoms. The van der Waals surface area contributed by atoms with Gasteiger partial charge in [0, 0.05) is 10.9 Å². The molecule has 4 nitrogen and oxygen atoms in total. The van der Waals surface area contributed by atoms with Crippen LogP contribution in [0.5, 0.6) is 0 Å².